The molecule has 0 unspecified atom stereocenters. The number of aliphatic hydroxyl groups excluding tert-OH is 4. The highest BCUT2D eigenvalue weighted by Crippen LogP contribution is 2.37. The van der Waals surface area contributed by atoms with Gasteiger partial charge in [-0.25, -0.2) is 0 Å². The van der Waals surface area contributed by atoms with Crippen molar-refractivity contribution in [3.63, 3.8) is 0 Å². The molecule has 0 saturated carbocycles. The van der Waals surface area contributed by atoms with E-state index in [4.69, 9.17) is 23.4 Å². The van der Waals surface area contributed by atoms with Crippen LogP contribution in [0.5, 0.6) is 23.0 Å². The summed E-state index contributed by atoms with van der Waals surface area (Å²) in [5.74, 6) is -0.158. The lowest BCUT2D eigenvalue weighted by atomic mass is 9.99. The standard InChI is InChI=1S/C21H22O11/c1-28-10-4-3-9-15(16(10)23)18(25)14-11(29-2)5-8(6-12(14)31-9)30-21-20(27)19(26)17(24)13(7-22)32-21/h3-6,13,17,19-24,26-27H,7H2,1-2H3/t13-,17-,19+,20-,21-/m1/s1. The first-order valence-corrected chi connectivity index (χ1v) is 9.62. The Balaban J connectivity index is 1.81. The molecular weight excluding hydrogens is 428 g/mol. The molecule has 11 heteroatoms. The summed E-state index contributed by atoms with van der Waals surface area (Å²) in [6.45, 7) is -0.611. The van der Waals surface area contributed by atoms with Crippen LogP contribution >= 0.6 is 0 Å². The lowest BCUT2D eigenvalue weighted by Gasteiger charge is -2.39. The highest BCUT2D eigenvalue weighted by atomic mass is 16.7. The summed E-state index contributed by atoms with van der Waals surface area (Å²) in [6, 6.07) is 5.59. The zero-order chi connectivity index (χ0) is 23.2. The third-order valence-corrected chi connectivity index (χ3v) is 5.36. The monoisotopic (exact) mass is 450 g/mol. The summed E-state index contributed by atoms with van der Waals surface area (Å²) in [5.41, 5.74) is -0.409. The van der Waals surface area contributed by atoms with Crippen molar-refractivity contribution < 1.29 is 48.9 Å². The van der Waals surface area contributed by atoms with Gasteiger partial charge in [0.2, 0.25) is 11.7 Å². The van der Waals surface area contributed by atoms with Crippen molar-refractivity contribution in [1.29, 1.82) is 0 Å². The second-order valence-corrected chi connectivity index (χ2v) is 7.23. The predicted molar refractivity (Wildman–Crippen MR) is 109 cm³/mol. The molecule has 4 rings (SSSR count). The van der Waals surface area contributed by atoms with Gasteiger partial charge in [0.05, 0.1) is 20.8 Å². The van der Waals surface area contributed by atoms with Crippen LogP contribution in [0.25, 0.3) is 21.9 Å². The Bertz CT molecular complexity index is 1200. The van der Waals surface area contributed by atoms with Crippen LogP contribution in [0.1, 0.15) is 0 Å². The number of hydrogen-bond donors (Lipinski definition) is 5. The number of phenols is 1. The van der Waals surface area contributed by atoms with E-state index in [2.05, 4.69) is 0 Å². The van der Waals surface area contributed by atoms with Gasteiger partial charge in [-0.3, -0.25) is 4.79 Å². The van der Waals surface area contributed by atoms with E-state index in [-0.39, 0.29) is 44.9 Å². The average Bonchev–Trinajstić information content (AvgIpc) is 2.78. The molecule has 172 valence electrons. The number of hydrogen-bond acceptors (Lipinski definition) is 11. The van der Waals surface area contributed by atoms with Crippen molar-refractivity contribution in [1.82, 2.24) is 0 Å². The van der Waals surface area contributed by atoms with E-state index in [1.807, 2.05) is 0 Å². The summed E-state index contributed by atoms with van der Waals surface area (Å²) in [6.07, 6.45) is -7.36. The molecule has 0 radical (unpaired) electrons. The number of aliphatic hydroxyl groups is 4. The van der Waals surface area contributed by atoms with E-state index in [0.717, 1.165) is 0 Å². The fourth-order valence-corrected chi connectivity index (χ4v) is 3.66. The molecule has 0 bridgehead atoms. The van der Waals surface area contributed by atoms with Gasteiger partial charge < -0.3 is 48.9 Å². The van der Waals surface area contributed by atoms with E-state index < -0.39 is 42.7 Å². The molecule has 2 heterocycles. The molecule has 2 aromatic carbocycles. The van der Waals surface area contributed by atoms with Crippen LogP contribution in [-0.4, -0.2) is 77.1 Å². The molecule has 5 N–H and O–H groups in total. The molecule has 1 aliphatic rings. The van der Waals surface area contributed by atoms with Gasteiger partial charge in [-0.2, -0.15) is 0 Å². The minimum atomic E-state index is -1.62. The van der Waals surface area contributed by atoms with Gasteiger partial charge in [-0.15, -0.1) is 0 Å². The van der Waals surface area contributed by atoms with Crippen LogP contribution in [0.15, 0.2) is 33.5 Å². The Morgan fingerprint density at radius 1 is 0.938 bits per heavy atom. The Hall–Kier alpha value is -3.09. The maximum Gasteiger partial charge on any atom is 0.229 e. The quantitative estimate of drug-likeness (QED) is 0.328. The lowest BCUT2D eigenvalue weighted by molar-refractivity contribution is -0.277. The zero-order valence-corrected chi connectivity index (χ0v) is 17.1. The Kier molecular flexibility index (Phi) is 5.84. The molecule has 0 spiro atoms. The van der Waals surface area contributed by atoms with Crippen molar-refractivity contribution in [2.45, 2.75) is 30.7 Å². The van der Waals surface area contributed by atoms with Gasteiger partial charge >= 0.3 is 0 Å². The third kappa shape index (κ3) is 3.49. The first-order chi connectivity index (χ1) is 15.3. The third-order valence-electron chi connectivity index (χ3n) is 5.36. The molecule has 1 aliphatic heterocycles. The molecule has 1 aromatic heterocycles. The minimum Gasteiger partial charge on any atom is -0.504 e. The molecule has 1 fully saturated rings. The summed E-state index contributed by atoms with van der Waals surface area (Å²) in [4.78, 5) is 13.1. The second-order valence-electron chi connectivity index (χ2n) is 7.23. The number of ether oxygens (including phenoxy) is 4. The summed E-state index contributed by atoms with van der Waals surface area (Å²) < 4.78 is 27.1. The Morgan fingerprint density at radius 2 is 1.66 bits per heavy atom. The van der Waals surface area contributed by atoms with E-state index in [9.17, 15) is 30.3 Å². The molecular formula is C21H22O11. The van der Waals surface area contributed by atoms with Crippen molar-refractivity contribution in [3.8, 4) is 23.0 Å². The number of methoxy groups -OCH3 is 2. The smallest absolute Gasteiger partial charge is 0.229 e. The predicted octanol–water partition coefficient (Wildman–Crippen LogP) is -0.152. The number of aromatic hydroxyl groups is 1. The molecule has 32 heavy (non-hydrogen) atoms. The largest absolute Gasteiger partial charge is 0.504 e. The fraction of sp³-hybridized carbons (Fsp3) is 0.381. The van der Waals surface area contributed by atoms with Crippen molar-refractivity contribution in [3.05, 3.63) is 34.5 Å². The fourth-order valence-electron chi connectivity index (χ4n) is 3.66. The summed E-state index contributed by atoms with van der Waals surface area (Å²) in [7, 11) is 2.67. The first kappa shape index (κ1) is 22.1. The van der Waals surface area contributed by atoms with Gasteiger partial charge in [0, 0.05) is 12.1 Å². The van der Waals surface area contributed by atoms with Crippen LogP contribution in [0.4, 0.5) is 0 Å². The Morgan fingerprint density at radius 3 is 2.31 bits per heavy atom. The van der Waals surface area contributed by atoms with Crippen molar-refractivity contribution in [2.75, 3.05) is 20.8 Å². The normalized spacial score (nSPS) is 25.8. The van der Waals surface area contributed by atoms with Crippen LogP contribution in [0.2, 0.25) is 0 Å². The first-order valence-electron chi connectivity index (χ1n) is 9.62. The van der Waals surface area contributed by atoms with Crippen LogP contribution < -0.4 is 19.6 Å². The average molecular weight is 450 g/mol. The van der Waals surface area contributed by atoms with Crippen LogP contribution in [-0.2, 0) is 4.74 Å². The number of benzene rings is 2. The minimum absolute atomic E-state index is 0.0321. The number of phenolic OH excluding ortho intramolecular Hbond substituents is 1. The number of rotatable bonds is 5. The van der Waals surface area contributed by atoms with Gasteiger partial charge in [0.15, 0.2) is 11.5 Å². The van der Waals surface area contributed by atoms with E-state index >= 15 is 0 Å². The van der Waals surface area contributed by atoms with E-state index in [1.165, 1.54) is 38.5 Å². The molecule has 0 amide bonds. The molecule has 3 aromatic rings. The molecule has 0 aliphatic carbocycles. The highest BCUT2D eigenvalue weighted by Gasteiger charge is 2.44. The number of fused-ring (bicyclic) bond motifs is 2. The van der Waals surface area contributed by atoms with Crippen LogP contribution in [0, 0.1) is 0 Å². The summed E-state index contributed by atoms with van der Waals surface area (Å²) >= 11 is 0. The van der Waals surface area contributed by atoms with Gasteiger partial charge in [-0.1, -0.05) is 0 Å². The zero-order valence-electron chi connectivity index (χ0n) is 17.1. The van der Waals surface area contributed by atoms with Crippen LogP contribution in [0.3, 0.4) is 0 Å². The maximum absolute atomic E-state index is 13.1. The van der Waals surface area contributed by atoms with Gasteiger partial charge in [0.25, 0.3) is 0 Å². The molecule has 11 nitrogen and oxygen atoms in total. The Labute approximate surface area is 180 Å². The second kappa shape index (κ2) is 8.45. The van der Waals surface area contributed by atoms with E-state index in [1.54, 1.807) is 0 Å². The highest BCUT2D eigenvalue weighted by molar-refractivity contribution is 5.97. The molecule has 1 saturated heterocycles. The van der Waals surface area contributed by atoms with Crippen molar-refractivity contribution >= 4 is 21.9 Å². The SMILES string of the molecule is COc1ccc2oc3cc(O[C@@H]4O[C@H](CO)[C@@H](O)[C@H](O)[C@H]4O)cc(OC)c3c(=O)c2c1O. The van der Waals surface area contributed by atoms with Crippen molar-refractivity contribution in [2.24, 2.45) is 0 Å². The molecule has 5 atom stereocenters. The topological polar surface area (TPSA) is 168 Å². The summed E-state index contributed by atoms with van der Waals surface area (Å²) in [5, 5.41) is 49.7. The maximum atomic E-state index is 13.1. The van der Waals surface area contributed by atoms with Gasteiger partial charge in [0.1, 0.15) is 57.9 Å². The van der Waals surface area contributed by atoms with Gasteiger partial charge in [-0.05, 0) is 12.1 Å². The van der Waals surface area contributed by atoms with E-state index in [0.29, 0.717) is 0 Å². The lowest BCUT2D eigenvalue weighted by Crippen LogP contribution is -2.60.